The molecule has 1 aromatic carbocycles. The highest BCUT2D eigenvalue weighted by Crippen LogP contribution is 2.40. The molecule has 1 saturated heterocycles. The topological polar surface area (TPSA) is 146 Å². The summed E-state index contributed by atoms with van der Waals surface area (Å²) in [6.07, 6.45) is 6.18. The number of aromatic nitrogens is 4. The van der Waals surface area contributed by atoms with Gasteiger partial charge in [-0.25, -0.2) is 9.97 Å². The molecule has 3 aromatic heterocycles. The number of hydrogen-bond donors (Lipinski definition) is 3. The van der Waals surface area contributed by atoms with Gasteiger partial charge in [-0.2, -0.15) is 0 Å². The number of hydrogen-bond acceptors (Lipinski definition) is 9. The molecule has 2 fully saturated rings. The standard InChI is InChI=1S/C38H43Cl2N7O5/c1-45-31-14-17-46(18-22-6-8-23(9-7-22)38(50)51)21-30(31)42-35(45)36(49)43-29-5-3-4-27(32(29)39)34-33(40)26(12-15-41-34)28-11-10-24(37(44-28)52-2)19-47-16-13-25(48)20-47/h3-5,10-12,15,22-23,25,48H,6-9,13-14,16-21H2,1-2H3,(H,43,49)(H,50,51). The first-order chi connectivity index (χ1) is 25.1. The minimum atomic E-state index is -0.684. The molecule has 0 spiro atoms. The van der Waals surface area contributed by atoms with Crippen molar-refractivity contribution in [2.45, 2.75) is 57.7 Å². The van der Waals surface area contributed by atoms with Crippen molar-refractivity contribution in [2.24, 2.45) is 18.9 Å². The number of β-amino-alcohol motifs (C(OH)–C–C–N with tert-alkyl or cyclic N) is 1. The van der Waals surface area contributed by atoms with Gasteiger partial charge in [0.15, 0.2) is 5.82 Å². The van der Waals surface area contributed by atoms with Crippen molar-refractivity contribution in [3.63, 3.8) is 0 Å². The fraction of sp³-hybridized carbons (Fsp3) is 0.447. The van der Waals surface area contributed by atoms with Gasteiger partial charge in [-0.05, 0) is 56.2 Å². The third kappa shape index (κ3) is 7.53. The number of fused-ring (bicyclic) bond motifs is 1. The van der Waals surface area contributed by atoms with Gasteiger partial charge >= 0.3 is 5.97 Å². The minimum Gasteiger partial charge on any atom is -0.481 e. The molecule has 1 aliphatic carbocycles. The average molecular weight is 749 g/mol. The number of nitrogens with zero attached hydrogens (tertiary/aromatic N) is 6. The zero-order valence-electron chi connectivity index (χ0n) is 29.3. The van der Waals surface area contributed by atoms with Crippen LogP contribution in [0.15, 0.2) is 42.6 Å². The van der Waals surface area contributed by atoms with Crippen LogP contribution < -0.4 is 10.1 Å². The Hall–Kier alpha value is -4.07. The largest absolute Gasteiger partial charge is 0.481 e. The fourth-order valence-corrected chi connectivity index (χ4v) is 8.40. The second-order valence-corrected chi connectivity index (χ2v) is 14.9. The van der Waals surface area contributed by atoms with E-state index in [4.69, 9.17) is 37.9 Å². The Morgan fingerprint density at radius 1 is 0.981 bits per heavy atom. The Morgan fingerprint density at radius 3 is 2.52 bits per heavy atom. The van der Waals surface area contributed by atoms with Crippen LogP contribution in [0.3, 0.4) is 0 Å². The minimum absolute atomic E-state index is 0.221. The second-order valence-electron chi connectivity index (χ2n) is 14.1. The predicted octanol–water partition coefficient (Wildman–Crippen LogP) is 5.93. The Bertz CT molecular complexity index is 1980. The predicted molar refractivity (Wildman–Crippen MR) is 199 cm³/mol. The van der Waals surface area contributed by atoms with E-state index in [-0.39, 0.29) is 17.9 Å². The summed E-state index contributed by atoms with van der Waals surface area (Å²) in [6, 6.07) is 11.0. The van der Waals surface area contributed by atoms with Crippen LogP contribution >= 0.6 is 23.2 Å². The molecule has 2 aliphatic heterocycles. The number of ether oxygens (including phenoxy) is 1. The normalized spacial score (nSPS) is 20.8. The average Bonchev–Trinajstić information content (AvgIpc) is 3.71. The van der Waals surface area contributed by atoms with Crippen LogP contribution in [-0.4, -0.2) is 90.8 Å². The van der Waals surface area contributed by atoms with Crippen LogP contribution in [0.25, 0.3) is 22.5 Å². The molecule has 52 heavy (non-hydrogen) atoms. The number of carbonyl (C=O) groups is 2. The van der Waals surface area contributed by atoms with Crippen molar-refractivity contribution in [2.75, 3.05) is 38.6 Å². The lowest BCUT2D eigenvalue weighted by Crippen LogP contribution is -2.36. The summed E-state index contributed by atoms with van der Waals surface area (Å²) in [5.41, 5.74) is 5.51. The van der Waals surface area contributed by atoms with E-state index in [9.17, 15) is 19.8 Å². The quantitative estimate of drug-likeness (QED) is 0.179. The van der Waals surface area contributed by atoms with E-state index in [1.807, 2.05) is 23.7 Å². The van der Waals surface area contributed by atoms with E-state index in [1.54, 1.807) is 37.6 Å². The molecule has 14 heteroatoms. The van der Waals surface area contributed by atoms with E-state index in [0.717, 1.165) is 75.1 Å². The number of carbonyl (C=O) groups excluding carboxylic acids is 1. The number of nitrogens with one attached hydrogen (secondary N) is 1. The SMILES string of the molecule is COc1nc(-c2ccnc(-c3cccc(NC(=O)c4nc5c(n4C)CCN(CC4CCC(C(=O)O)CC4)C5)c3Cl)c2Cl)ccc1CN1CCC(O)C1. The molecular formula is C38H43Cl2N7O5. The first-order valence-corrected chi connectivity index (χ1v) is 18.5. The van der Waals surface area contributed by atoms with E-state index < -0.39 is 5.97 Å². The number of likely N-dealkylation sites (tertiary alicyclic amines) is 1. The van der Waals surface area contributed by atoms with Crippen molar-refractivity contribution in [1.82, 2.24) is 29.3 Å². The van der Waals surface area contributed by atoms with Crippen molar-refractivity contribution in [3.05, 3.63) is 75.4 Å². The number of aliphatic hydroxyl groups excluding tert-OH is 1. The highest BCUT2D eigenvalue weighted by atomic mass is 35.5. The zero-order valence-corrected chi connectivity index (χ0v) is 30.8. The van der Waals surface area contributed by atoms with Crippen molar-refractivity contribution in [3.8, 4) is 28.4 Å². The molecule has 1 amide bonds. The maximum atomic E-state index is 13.7. The molecule has 7 rings (SSSR count). The number of aliphatic hydroxyl groups is 1. The number of methoxy groups -OCH3 is 1. The van der Waals surface area contributed by atoms with Crippen molar-refractivity contribution < 1.29 is 24.5 Å². The van der Waals surface area contributed by atoms with E-state index in [0.29, 0.717) is 75.5 Å². The van der Waals surface area contributed by atoms with E-state index >= 15 is 0 Å². The Morgan fingerprint density at radius 2 is 1.79 bits per heavy atom. The van der Waals surface area contributed by atoms with Crippen LogP contribution in [0.5, 0.6) is 5.88 Å². The van der Waals surface area contributed by atoms with Crippen LogP contribution in [0.2, 0.25) is 10.0 Å². The number of amides is 1. The van der Waals surface area contributed by atoms with Gasteiger partial charge in [0.25, 0.3) is 5.91 Å². The Balaban J connectivity index is 1.06. The van der Waals surface area contributed by atoms with Crippen LogP contribution in [0.1, 0.15) is 59.7 Å². The highest BCUT2D eigenvalue weighted by molar-refractivity contribution is 6.39. The van der Waals surface area contributed by atoms with Crippen molar-refractivity contribution in [1.29, 1.82) is 0 Å². The molecule has 1 unspecified atom stereocenters. The highest BCUT2D eigenvalue weighted by Gasteiger charge is 2.31. The van der Waals surface area contributed by atoms with E-state index in [2.05, 4.69) is 20.1 Å². The number of carboxylic acids is 1. The van der Waals surface area contributed by atoms with Crippen LogP contribution in [0.4, 0.5) is 5.69 Å². The monoisotopic (exact) mass is 747 g/mol. The second kappa shape index (κ2) is 15.5. The number of anilines is 1. The summed E-state index contributed by atoms with van der Waals surface area (Å²) in [5.74, 6) is -0.0146. The van der Waals surface area contributed by atoms with Gasteiger partial charge in [0, 0.05) is 81.3 Å². The van der Waals surface area contributed by atoms with E-state index in [1.165, 1.54) is 0 Å². The number of aliphatic carboxylic acids is 1. The molecule has 12 nitrogen and oxygen atoms in total. The number of benzene rings is 1. The molecule has 1 saturated carbocycles. The molecule has 0 radical (unpaired) electrons. The maximum Gasteiger partial charge on any atom is 0.306 e. The number of pyridine rings is 2. The van der Waals surface area contributed by atoms with Gasteiger partial charge in [0.1, 0.15) is 0 Å². The van der Waals surface area contributed by atoms with Gasteiger partial charge in [-0.3, -0.25) is 24.4 Å². The summed E-state index contributed by atoms with van der Waals surface area (Å²) in [7, 11) is 3.45. The Labute approximate surface area is 312 Å². The van der Waals surface area contributed by atoms with Gasteiger partial charge in [0.2, 0.25) is 5.88 Å². The number of imidazole rings is 1. The number of halogens is 2. The number of carboxylic acid groups (broad SMARTS) is 1. The molecule has 0 bridgehead atoms. The lowest BCUT2D eigenvalue weighted by molar-refractivity contribution is -0.143. The Kier molecular flexibility index (Phi) is 10.8. The van der Waals surface area contributed by atoms with Gasteiger partial charge in [-0.1, -0.05) is 41.4 Å². The fourth-order valence-electron chi connectivity index (χ4n) is 7.83. The molecule has 5 heterocycles. The smallest absolute Gasteiger partial charge is 0.306 e. The first kappa shape index (κ1) is 36.3. The van der Waals surface area contributed by atoms with Crippen LogP contribution in [-0.2, 0) is 31.4 Å². The zero-order chi connectivity index (χ0) is 36.5. The molecule has 274 valence electrons. The maximum absolute atomic E-state index is 13.7. The number of rotatable bonds is 10. The summed E-state index contributed by atoms with van der Waals surface area (Å²) in [6.45, 7) is 4.47. The summed E-state index contributed by atoms with van der Waals surface area (Å²) >= 11 is 13.9. The van der Waals surface area contributed by atoms with Crippen LogP contribution in [0, 0.1) is 11.8 Å². The molecule has 4 aromatic rings. The summed E-state index contributed by atoms with van der Waals surface area (Å²) in [5, 5.41) is 22.9. The lowest BCUT2D eigenvalue weighted by Gasteiger charge is -2.33. The lowest BCUT2D eigenvalue weighted by atomic mass is 9.81. The summed E-state index contributed by atoms with van der Waals surface area (Å²) in [4.78, 5) is 43.7. The summed E-state index contributed by atoms with van der Waals surface area (Å²) < 4.78 is 7.50. The third-order valence-electron chi connectivity index (χ3n) is 10.7. The van der Waals surface area contributed by atoms with Gasteiger partial charge in [0.05, 0.1) is 51.9 Å². The van der Waals surface area contributed by atoms with Gasteiger partial charge in [-0.15, -0.1) is 0 Å². The van der Waals surface area contributed by atoms with Crippen molar-refractivity contribution >= 4 is 40.8 Å². The molecule has 3 N–H and O–H groups in total. The molecule has 1 atom stereocenters. The molecular weight excluding hydrogens is 705 g/mol. The first-order valence-electron chi connectivity index (χ1n) is 17.8. The van der Waals surface area contributed by atoms with Gasteiger partial charge < -0.3 is 24.8 Å². The molecule has 3 aliphatic rings. The third-order valence-corrected chi connectivity index (χ3v) is 11.5.